The van der Waals surface area contributed by atoms with Crippen LogP contribution in [0, 0.1) is 5.92 Å². The van der Waals surface area contributed by atoms with E-state index in [9.17, 15) is 9.90 Å². The van der Waals surface area contributed by atoms with Crippen molar-refractivity contribution in [2.24, 2.45) is 5.92 Å². The number of aliphatic hydroxyl groups excluding tert-OH is 1. The molecule has 2 atom stereocenters. The van der Waals surface area contributed by atoms with Crippen LogP contribution in [0.25, 0.3) is 0 Å². The Morgan fingerprint density at radius 2 is 1.65 bits per heavy atom. The summed E-state index contributed by atoms with van der Waals surface area (Å²) in [6, 6.07) is 0.349. The minimum Gasteiger partial charge on any atom is -0.391 e. The molecule has 2 unspecified atom stereocenters. The number of aliphatic hydroxyl groups is 1. The lowest BCUT2D eigenvalue weighted by Crippen LogP contribution is -2.53. The van der Waals surface area contributed by atoms with E-state index >= 15 is 0 Å². The van der Waals surface area contributed by atoms with Crippen LogP contribution < -0.4 is 0 Å². The Hall–Kier alpha value is -0.610. The van der Waals surface area contributed by atoms with Gasteiger partial charge < -0.3 is 10.0 Å². The fourth-order valence-corrected chi connectivity index (χ4v) is 4.24. The maximum atomic E-state index is 12.3. The molecule has 3 fully saturated rings. The molecule has 1 aliphatic heterocycles. The fraction of sp³-hybridized carbons (Fsp3) is 0.938. The minimum atomic E-state index is -0.143. The second-order valence-electron chi connectivity index (χ2n) is 6.84. The maximum absolute atomic E-state index is 12.3. The third-order valence-corrected chi connectivity index (χ3v) is 5.52. The van der Waals surface area contributed by atoms with Crippen molar-refractivity contribution in [2.45, 2.75) is 63.5 Å². The second-order valence-corrected chi connectivity index (χ2v) is 6.84. The van der Waals surface area contributed by atoms with Crippen molar-refractivity contribution >= 4 is 5.91 Å². The fourth-order valence-electron chi connectivity index (χ4n) is 4.24. The summed E-state index contributed by atoms with van der Waals surface area (Å²) in [7, 11) is 0. The molecule has 0 aromatic heterocycles. The summed E-state index contributed by atoms with van der Waals surface area (Å²) < 4.78 is 0. The molecule has 0 radical (unpaired) electrons. The topological polar surface area (TPSA) is 43.8 Å². The molecule has 20 heavy (non-hydrogen) atoms. The third kappa shape index (κ3) is 3.17. The Balaban J connectivity index is 1.44. The lowest BCUT2D eigenvalue weighted by Gasteiger charge is -2.39. The van der Waals surface area contributed by atoms with Crippen LogP contribution in [0.15, 0.2) is 0 Å². The number of amides is 1. The van der Waals surface area contributed by atoms with Crippen molar-refractivity contribution < 1.29 is 9.90 Å². The highest BCUT2D eigenvalue weighted by Gasteiger charge is 2.33. The molecular formula is C16H28N2O2. The molecule has 2 aliphatic carbocycles. The monoisotopic (exact) mass is 280 g/mol. The molecule has 1 heterocycles. The van der Waals surface area contributed by atoms with Crippen LogP contribution in [-0.4, -0.2) is 59.1 Å². The molecule has 4 heteroatoms. The highest BCUT2D eigenvalue weighted by atomic mass is 16.3. The SMILES string of the molecule is O=C(CC1CCCC1)N1CCN(C2CCCC2O)CC1. The summed E-state index contributed by atoms with van der Waals surface area (Å²) >= 11 is 0. The lowest BCUT2D eigenvalue weighted by atomic mass is 10.0. The van der Waals surface area contributed by atoms with Crippen molar-refractivity contribution in [3.8, 4) is 0 Å². The number of nitrogens with zero attached hydrogens (tertiary/aromatic N) is 2. The molecule has 2 saturated carbocycles. The third-order valence-electron chi connectivity index (χ3n) is 5.52. The highest BCUT2D eigenvalue weighted by molar-refractivity contribution is 5.76. The van der Waals surface area contributed by atoms with Crippen molar-refractivity contribution in [2.75, 3.05) is 26.2 Å². The average Bonchev–Trinajstić information content (AvgIpc) is 3.10. The zero-order valence-corrected chi connectivity index (χ0v) is 12.5. The van der Waals surface area contributed by atoms with Gasteiger partial charge in [0.05, 0.1) is 6.10 Å². The first-order valence-corrected chi connectivity index (χ1v) is 8.44. The molecule has 114 valence electrons. The van der Waals surface area contributed by atoms with E-state index < -0.39 is 0 Å². The summed E-state index contributed by atoms with van der Waals surface area (Å²) in [4.78, 5) is 16.8. The Morgan fingerprint density at radius 1 is 0.950 bits per heavy atom. The molecule has 0 spiro atoms. The smallest absolute Gasteiger partial charge is 0.222 e. The van der Waals surface area contributed by atoms with Crippen LogP contribution >= 0.6 is 0 Å². The van der Waals surface area contributed by atoms with Crippen LogP contribution in [-0.2, 0) is 4.79 Å². The van der Waals surface area contributed by atoms with Gasteiger partial charge in [-0.1, -0.05) is 12.8 Å². The van der Waals surface area contributed by atoms with Gasteiger partial charge in [-0.2, -0.15) is 0 Å². The highest BCUT2D eigenvalue weighted by Crippen LogP contribution is 2.29. The van der Waals surface area contributed by atoms with Gasteiger partial charge in [-0.25, -0.2) is 0 Å². The molecule has 0 bridgehead atoms. The predicted octanol–water partition coefficient (Wildman–Crippen LogP) is 1.62. The molecule has 3 rings (SSSR count). The van der Waals surface area contributed by atoms with E-state index in [0.29, 0.717) is 17.9 Å². The number of hydrogen-bond donors (Lipinski definition) is 1. The van der Waals surface area contributed by atoms with E-state index in [4.69, 9.17) is 0 Å². The molecule has 1 saturated heterocycles. The molecule has 1 N–H and O–H groups in total. The second kappa shape index (κ2) is 6.44. The Kier molecular flexibility index (Phi) is 4.61. The normalized spacial score (nSPS) is 33.0. The van der Waals surface area contributed by atoms with Gasteiger partial charge in [-0.05, 0) is 38.0 Å². The number of hydrogen-bond acceptors (Lipinski definition) is 3. The average molecular weight is 280 g/mol. The van der Waals surface area contributed by atoms with Crippen LogP contribution in [0.5, 0.6) is 0 Å². The Labute approximate surface area is 122 Å². The van der Waals surface area contributed by atoms with Crippen LogP contribution in [0.4, 0.5) is 0 Å². The van der Waals surface area contributed by atoms with Gasteiger partial charge in [0, 0.05) is 38.6 Å². The van der Waals surface area contributed by atoms with Crippen LogP contribution in [0.1, 0.15) is 51.4 Å². The van der Waals surface area contributed by atoms with Crippen molar-refractivity contribution in [3.05, 3.63) is 0 Å². The van der Waals surface area contributed by atoms with Crippen LogP contribution in [0.2, 0.25) is 0 Å². The summed E-state index contributed by atoms with van der Waals surface area (Å²) in [6.07, 6.45) is 8.97. The molecule has 0 aromatic rings. The van der Waals surface area contributed by atoms with E-state index in [1.807, 2.05) is 0 Å². The minimum absolute atomic E-state index is 0.143. The summed E-state index contributed by atoms with van der Waals surface area (Å²) in [5.41, 5.74) is 0. The van der Waals surface area contributed by atoms with E-state index in [0.717, 1.165) is 51.9 Å². The zero-order chi connectivity index (χ0) is 13.9. The molecule has 4 nitrogen and oxygen atoms in total. The molecule has 3 aliphatic rings. The van der Waals surface area contributed by atoms with E-state index in [2.05, 4.69) is 9.80 Å². The maximum Gasteiger partial charge on any atom is 0.222 e. The predicted molar refractivity (Wildman–Crippen MR) is 78.4 cm³/mol. The summed E-state index contributed by atoms with van der Waals surface area (Å²) in [6.45, 7) is 3.60. The van der Waals surface area contributed by atoms with Gasteiger partial charge in [-0.15, -0.1) is 0 Å². The number of carbonyl (C=O) groups excluding carboxylic acids is 1. The molecule has 0 aromatic carbocycles. The van der Waals surface area contributed by atoms with E-state index in [-0.39, 0.29) is 6.10 Å². The van der Waals surface area contributed by atoms with Gasteiger partial charge in [0.1, 0.15) is 0 Å². The van der Waals surface area contributed by atoms with E-state index in [1.165, 1.54) is 25.7 Å². The zero-order valence-electron chi connectivity index (χ0n) is 12.5. The van der Waals surface area contributed by atoms with Crippen molar-refractivity contribution in [3.63, 3.8) is 0 Å². The number of piperazine rings is 1. The number of rotatable bonds is 3. The van der Waals surface area contributed by atoms with E-state index in [1.54, 1.807) is 0 Å². The van der Waals surface area contributed by atoms with Crippen LogP contribution in [0.3, 0.4) is 0 Å². The van der Waals surface area contributed by atoms with Gasteiger partial charge in [0.25, 0.3) is 0 Å². The molecular weight excluding hydrogens is 252 g/mol. The first-order chi connectivity index (χ1) is 9.74. The first-order valence-electron chi connectivity index (χ1n) is 8.44. The lowest BCUT2D eigenvalue weighted by molar-refractivity contribution is -0.134. The number of carbonyl (C=O) groups is 1. The quantitative estimate of drug-likeness (QED) is 0.854. The summed E-state index contributed by atoms with van der Waals surface area (Å²) in [5, 5.41) is 9.98. The standard InChI is InChI=1S/C16H28N2O2/c19-15-7-3-6-14(15)17-8-10-18(11-9-17)16(20)12-13-4-1-2-5-13/h13-15,19H,1-12H2. The summed E-state index contributed by atoms with van der Waals surface area (Å²) in [5.74, 6) is 1.01. The largest absolute Gasteiger partial charge is 0.391 e. The van der Waals surface area contributed by atoms with Crippen molar-refractivity contribution in [1.82, 2.24) is 9.80 Å². The van der Waals surface area contributed by atoms with Gasteiger partial charge in [-0.3, -0.25) is 9.69 Å². The van der Waals surface area contributed by atoms with Crippen molar-refractivity contribution in [1.29, 1.82) is 0 Å². The van der Waals surface area contributed by atoms with Gasteiger partial charge in [0.15, 0.2) is 0 Å². The molecule has 1 amide bonds. The Bertz CT molecular complexity index is 333. The first kappa shape index (κ1) is 14.3. The van der Waals surface area contributed by atoms with Gasteiger partial charge >= 0.3 is 0 Å². The van der Waals surface area contributed by atoms with Gasteiger partial charge in [0.2, 0.25) is 5.91 Å². The Morgan fingerprint density at radius 3 is 2.25 bits per heavy atom.